The molecule has 0 aliphatic carbocycles. The monoisotopic (exact) mass is 207 g/mol. The number of hydrogen-bond acceptors (Lipinski definition) is 2. The number of nitriles is 1. The molecule has 1 aromatic rings. The largest absolute Gasteiger partial charge is 0.366 e. The van der Waals surface area contributed by atoms with E-state index in [9.17, 15) is 4.79 Å². The van der Waals surface area contributed by atoms with Crippen molar-refractivity contribution < 1.29 is 4.79 Å². The Kier molecular flexibility index (Phi) is 3.49. The van der Waals surface area contributed by atoms with Crippen LogP contribution >= 0.6 is 11.6 Å². The molecule has 2 N–H and O–H groups in total. The standard InChI is InChI=1S/C10H8ClN2O/c11-8-5-1-3-7(4-2-6-12)9(8)10(13)14/h1-3,5H,4H2,(H2,13,14). The van der Waals surface area contributed by atoms with E-state index in [1.54, 1.807) is 18.2 Å². The van der Waals surface area contributed by atoms with Gasteiger partial charge in [0.15, 0.2) is 0 Å². The highest BCUT2D eigenvalue weighted by Gasteiger charge is 2.11. The van der Waals surface area contributed by atoms with E-state index in [0.29, 0.717) is 22.6 Å². The molecular weight excluding hydrogens is 200 g/mol. The maximum absolute atomic E-state index is 11.0. The SMILES string of the molecule is N#C[CH]Cc1cccc(Cl)c1C(N)=O. The average molecular weight is 208 g/mol. The zero-order valence-corrected chi connectivity index (χ0v) is 8.08. The number of carbonyl (C=O) groups is 1. The molecule has 1 amide bonds. The number of rotatable bonds is 3. The molecule has 0 spiro atoms. The first-order valence-corrected chi connectivity index (χ1v) is 4.33. The molecule has 1 radical (unpaired) electrons. The van der Waals surface area contributed by atoms with Crippen molar-refractivity contribution in [3.05, 3.63) is 40.8 Å². The van der Waals surface area contributed by atoms with Gasteiger partial charge in [0.05, 0.1) is 23.1 Å². The van der Waals surface area contributed by atoms with Crippen LogP contribution in [-0.4, -0.2) is 5.91 Å². The summed E-state index contributed by atoms with van der Waals surface area (Å²) in [6.45, 7) is 0. The molecule has 0 saturated heterocycles. The second-order valence-corrected chi connectivity index (χ2v) is 3.08. The predicted octanol–water partition coefficient (Wildman–Crippen LogP) is 1.71. The fourth-order valence-corrected chi connectivity index (χ4v) is 1.46. The Morgan fingerprint density at radius 2 is 2.36 bits per heavy atom. The maximum Gasteiger partial charge on any atom is 0.250 e. The molecule has 3 nitrogen and oxygen atoms in total. The van der Waals surface area contributed by atoms with E-state index in [1.165, 1.54) is 6.42 Å². The minimum Gasteiger partial charge on any atom is -0.366 e. The number of hydrogen-bond donors (Lipinski definition) is 1. The maximum atomic E-state index is 11.0. The van der Waals surface area contributed by atoms with Crippen molar-refractivity contribution in [3.8, 4) is 6.07 Å². The number of amides is 1. The molecule has 0 aliphatic rings. The second-order valence-electron chi connectivity index (χ2n) is 2.68. The number of carbonyl (C=O) groups excluding carboxylic acids is 1. The summed E-state index contributed by atoms with van der Waals surface area (Å²) < 4.78 is 0. The van der Waals surface area contributed by atoms with Crippen molar-refractivity contribution in [2.45, 2.75) is 6.42 Å². The first-order valence-electron chi connectivity index (χ1n) is 3.95. The number of nitrogens with two attached hydrogens (primary N) is 1. The number of nitrogens with zero attached hydrogens (tertiary/aromatic N) is 1. The highest BCUT2D eigenvalue weighted by atomic mass is 35.5. The van der Waals surface area contributed by atoms with Crippen LogP contribution in [0.1, 0.15) is 15.9 Å². The summed E-state index contributed by atoms with van der Waals surface area (Å²) in [5.41, 5.74) is 6.13. The quantitative estimate of drug-likeness (QED) is 0.820. The van der Waals surface area contributed by atoms with Crippen LogP contribution in [0.4, 0.5) is 0 Å². The summed E-state index contributed by atoms with van der Waals surface area (Å²) in [4.78, 5) is 11.0. The smallest absolute Gasteiger partial charge is 0.250 e. The summed E-state index contributed by atoms with van der Waals surface area (Å²) in [5, 5.41) is 8.69. The van der Waals surface area contributed by atoms with Gasteiger partial charge in [0, 0.05) is 0 Å². The molecule has 71 valence electrons. The van der Waals surface area contributed by atoms with Crippen molar-refractivity contribution in [2.24, 2.45) is 5.73 Å². The molecule has 0 unspecified atom stereocenters. The second kappa shape index (κ2) is 4.64. The first-order chi connectivity index (χ1) is 6.66. The molecule has 0 atom stereocenters. The minimum absolute atomic E-state index is 0.292. The fraction of sp³-hybridized carbons (Fsp3) is 0.100. The van der Waals surface area contributed by atoms with Gasteiger partial charge in [0.1, 0.15) is 0 Å². The van der Waals surface area contributed by atoms with Gasteiger partial charge in [0.25, 0.3) is 0 Å². The summed E-state index contributed by atoms with van der Waals surface area (Å²) in [6, 6.07) is 6.92. The Morgan fingerprint density at radius 3 is 2.93 bits per heavy atom. The average Bonchev–Trinajstić information content (AvgIpc) is 2.14. The van der Waals surface area contributed by atoms with Crippen LogP contribution < -0.4 is 5.73 Å². The Morgan fingerprint density at radius 1 is 1.64 bits per heavy atom. The van der Waals surface area contributed by atoms with Gasteiger partial charge < -0.3 is 5.73 Å². The summed E-state index contributed by atoms with van der Waals surface area (Å²) >= 11 is 5.81. The lowest BCUT2D eigenvalue weighted by molar-refractivity contribution is 0.0999. The van der Waals surface area contributed by atoms with Crippen molar-refractivity contribution in [1.29, 1.82) is 5.26 Å². The Labute approximate surface area is 87.1 Å². The molecule has 0 aliphatic heterocycles. The topological polar surface area (TPSA) is 66.9 Å². The summed E-state index contributed by atoms with van der Waals surface area (Å²) in [6.07, 6.45) is 1.76. The summed E-state index contributed by atoms with van der Waals surface area (Å²) in [7, 11) is 0. The van der Waals surface area contributed by atoms with Gasteiger partial charge in [-0.15, -0.1) is 0 Å². The van der Waals surface area contributed by atoms with Crippen molar-refractivity contribution in [3.63, 3.8) is 0 Å². The fourth-order valence-electron chi connectivity index (χ4n) is 1.17. The third-order valence-corrected chi connectivity index (χ3v) is 2.07. The van der Waals surface area contributed by atoms with Crippen LogP contribution in [-0.2, 0) is 6.42 Å². The highest BCUT2D eigenvalue weighted by Crippen LogP contribution is 2.20. The molecule has 0 fully saturated rings. The van der Waals surface area contributed by atoms with Gasteiger partial charge in [0.2, 0.25) is 5.91 Å². The van der Waals surface area contributed by atoms with Crippen molar-refractivity contribution >= 4 is 17.5 Å². The zero-order chi connectivity index (χ0) is 10.6. The van der Waals surface area contributed by atoms with Gasteiger partial charge in [-0.05, 0) is 18.1 Å². The number of primary amides is 1. The predicted molar refractivity (Wildman–Crippen MR) is 53.6 cm³/mol. The Bertz CT molecular complexity index is 396. The Balaban J connectivity index is 3.09. The first kappa shape index (κ1) is 10.6. The van der Waals surface area contributed by atoms with Gasteiger partial charge in [-0.1, -0.05) is 23.7 Å². The molecule has 14 heavy (non-hydrogen) atoms. The number of benzene rings is 1. The molecule has 0 aromatic heterocycles. The molecule has 0 bridgehead atoms. The van der Waals surface area contributed by atoms with Gasteiger partial charge >= 0.3 is 0 Å². The third kappa shape index (κ3) is 2.24. The van der Waals surface area contributed by atoms with Gasteiger partial charge in [-0.25, -0.2) is 0 Å². The van der Waals surface area contributed by atoms with E-state index >= 15 is 0 Å². The third-order valence-electron chi connectivity index (χ3n) is 1.76. The van der Waals surface area contributed by atoms with Gasteiger partial charge in [-0.3, -0.25) is 4.79 Å². The molecule has 0 heterocycles. The molecule has 1 aromatic carbocycles. The Hall–Kier alpha value is -1.53. The molecule has 4 heteroatoms. The lowest BCUT2D eigenvalue weighted by Gasteiger charge is -2.05. The lowest BCUT2D eigenvalue weighted by atomic mass is 10.0. The van der Waals surface area contributed by atoms with Crippen LogP contribution in [0.25, 0.3) is 0 Å². The van der Waals surface area contributed by atoms with E-state index in [2.05, 4.69) is 0 Å². The van der Waals surface area contributed by atoms with Crippen LogP contribution in [0.15, 0.2) is 18.2 Å². The van der Waals surface area contributed by atoms with E-state index in [4.69, 9.17) is 22.6 Å². The van der Waals surface area contributed by atoms with E-state index in [0.717, 1.165) is 0 Å². The molecule has 1 rings (SSSR count). The van der Waals surface area contributed by atoms with Crippen molar-refractivity contribution in [2.75, 3.05) is 0 Å². The highest BCUT2D eigenvalue weighted by molar-refractivity contribution is 6.34. The molecular formula is C10H8ClN2O. The van der Waals surface area contributed by atoms with Crippen LogP contribution in [0.2, 0.25) is 5.02 Å². The van der Waals surface area contributed by atoms with Crippen molar-refractivity contribution in [1.82, 2.24) is 0 Å². The lowest BCUT2D eigenvalue weighted by Crippen LogP contribution is -2.14. The normalized spacial score (nSPS) is 9.43. The number of halogens is 1. The van der Waals surface area contributed by atoms with Crippen LogP contribution in [0.5, 0.6) is 0 Å². The van der Waals surface area contributed by atoms with Crippen LogP contribution in [0.3, 0.4) is 0 Å². The van der Waals surface area contributed by atoms with Crippen LogP contribution in [0, 0.1) is 17.8 Å². The summed E-state index contributed by atoms with van der Waals surface area (Å²) in [5.74, 6) is -0.572. The zero-order valence-electron chi connectivity index (χ0n) is 7.33. The van der Waals surface area contributed by atoms with Gasteiger partial charge in [-0.2, -0.15) is 5.26 Å². The van der Waals surface area contributed by atoms with E-state index in [-0.39, 0.29) is 0 Å². The van der Waals surface area contributed by atoms with E-state index in [1.807, 2.05) is 6.07 Å². The van der Waals surface area contributed by atoms with E-state index < -0.39 is 5.91 Å². The minimum atomic E-state index is -0.572. The molecule has 0 saturated carbocycles.